The third-order valence-corrected chi connectivity index (χ3v) is 3.25. The Bertz CT molecular complexity index is 186. The Morgan fingerprint density at radius 3 is 1.92 bits per heavy atom. The van der Waals surface area contributed by atoms with Crippen LogP contribution in [-0.2, 0) is 0 Å². The molecule has 0 amide bonds. The van der Waals surface area contributed by atoms with Crippen LogP contribution >= 0.6 is 0 Å². The van der Waals surface area contributed by atoms with Crippen molar-refractivity contribution in [2.24, 2.45) is 11.8 Å². The Balaban J connectivity index is 2.96. The van der Waals surface area contributed by atoms with Crippen molar-refractivity contribution in [3.05, 3.63) is 5.21 Å². The van der Waals surface area contributed by atoms with E-state index in [9.17, 15) is 5.21 Å². The van der Waals surface area contributed by atoms with Crippen LogP contribution in [0, 0.1) is 17.0 Å². The average molecular weight is 169 g/mol. The van der Waals surface area contributed by atoms with Gasteiger partial charge in [-0.3, -0.25) is 0 Å². The molecule has 0 radical (unpaired) electrons. The third kappa shape index (κ3) is 1.13. The highest BCUT2D eigenvalue weighted by Crippen LogP contribution is 2.36. The maximum absolute atomic E-state index is 11.6. The monoisotopic (exact) mass is 169 g/mol. The van der Waals surface area contributed by atoms with Gasteiger partial charge in [-0.25, -0.2) is 4.74 Å². The van der Waals surface area contributed by atoms with Crippen molar-refractivity contribution >= 4 is 6.21 Å². The normalized spacial score (nSPS) is 22.0. The first kappa shape index (κ1) is 9.56. The van der Waals surface area contributed by atoms with E-state index >= 15 is 0 Å². The number of nitrogens with zero attached hydrogens (tertiary/aromatic N) is 1. The minimum atomic E-state index is -0.125. The second-order valence-corrected chi connectivity index (χ2v) is 4.35. The molecule has 0 aromatic rings. The molecule has 0 aliphatic carbocycles. The van der Waals surface area contributed by atoms with Crippen molar-refractivity contribution in [2.45, 2.75) is 46.1 Å². The molecular weight excluding hydrogens is 150 g/mol. The molecule has 0 unspecified atom stereocenters. The Hall–Kier alpha value is -0.530. The fourth-order valence-electron chi connectivity index (χ4n) is 2.45. The zero-order valence-electron chi connectivity index (χ0n) is 8.50. The van der Waals surface area contributed by atoms with Gasteiger partial charge in [-0.15, -0.1) is 0 Å². The second-order valence-electron chi connectivity index (χ2n) is 4.35. The summed E-state index contributed by atoms with van der Waals surface area (Å²) in [5, 5.41) is 11.6. The van der Waals surface area contributed by atoms with Crippen LogP contribution in [-0.4, -0.2) is 16.5 Å². The van der Waals surface area contributed by atoms with Crippen molar-refractivity contribution in [1.29, 1.82) is 0 Å². The molecule has 0 saturated carbocycles. The number of hydrogen-bond donors (Lipinski definition) is 0. The summed E-state index contributed by atoms with van der Waals surface area (Å²) in [6.45, 7) is 8.57. The van der Waals surface area contributed by atoms with Crippen LogP contribution in [0.2, 0.25) is 0 Å². The van der Waals surface area contributed by atoms with Gasteiger partial charge in [0, 0.05) is 24.7 Å². The highest BCUT2D eigenvalue weighted by molar-refractivity contribution is 5.53. The Morgan fingerprint density at radius 2 is 1.75 bits per heavy atom. The van der Waals surface area contributed by atoms with Crippen molar-refractivity contribution in [2.75, 3.05) is 0 Å². The molecule has 1 aliphatic heterocycles. The summed E-state index contributed by atoms with van der Waals surface area (Å²) < 4.78 is 1.20. The van der Waals surface area contributed by atoms with Gasteiger partial charge < -0.3 is 5.21 Å². The van der Waals surface area contributed by atoms with E-state index in [1.807, 2.05) is 0 Å². The first-order valence-corrected chi connectivity index (χ1v) is 4.81. The molecule has 2 heteroatoms. The topological polar surface area (TPSA) is 26.1 Å². The van der Waals surface area contributed by atoms with Gasteiger partial charge in [0.25, 0.3) is 0 Å². The van der Waals surface area contributed by atoms with Gasteiger partial charge >= 0.3 is 0 Å². The van der Waals surface area contributed by atoms with E-state index in [2.05, 4.69) is 27.7 Å². The summed E-state index contributed by atoms with van der Waals surface area (Å²) in [5.41, 5.74) is -0.125. The van der Waals surface area contributed by atoms with E-state index in [1.165, 1.54) is 4.74 Å². The molecule has 0 aromatic carbocycles. The first-order chi connectivity index (χ1) is 5.51. The fourth-order valence-corrected chi connectivity index (χ4v) is 2.45. The van der Waals surface area contributed by atoms with E-state index in [1.54, 1.807) is 6.21 Å². The summed E-state index contributed by atoms with van der Waals surface area (Å²) in [5.74, 6) is 0.877. The van der Waals surface area contributed by atoms with E-state index < -0.39 is 0 Å². The summed E-state index contributed by atoms with van der Waals surface area (Å²) in [6.07, 6.45) is 3.76. The zero-order chi connectivity index (χ0) is 9.35. The Kier molecular flexibility index (Phi) is 2.45. The Labute approximate surface area is 74.9 Å². The van der Waals surface area contributed by atoms with Crippen molar-refractivity contribution < 1.29 is 4.74 Å². The Morgan fingerprint density at radius 1 is 1.25 bits per heavy atom. The van der Waals surface area contributed by atoms with Crippen LogP contribution < -0.4 is 0 Å². The average Bonchev–Trinajstić information content (AvgIpc) is 2.31. The number of hydroxylamine groups is 1. The van der Waals surface area contributed by atoms with Crippen LogP contribution in [0.5, 0.6) is 0 Å². The molecule has 0 fully saturated rings. The van der Waals surface area contributed by atoms with Gasteiger partial charge in [-0.1, -0.05) is 27.7 Å². The van der Waals surface area contributed by atoms with Gasteiger partial charge in [0.2, 0.25) is 0 Å². The summed E-state index contributed by atoms with van der Waals surface area (Å²) in [7, 11) is 0. The third-order valence-electron chi connectivity index (χ3n) is 3.25. The predicted molar refractivity (Wildman–Crippen MR) is 51.3 cm³/mol. The molecule has 0 bridgehead atoms. The molecule has 12 heavy (non-hydrogen) atoms. The molecule has 0 N–H and O–H groups in total. The quantitative estimate of drug-likeness (QED) is 0.460. The summed E-state index contributed by atoms with van der Waals surface area (Å²) in [4.78, 5) is 0. The molecular formula is C10H19NO. The lowest BCUT2D eigenvalue weighted by Crippen LogP contribution is -2.46. The second kappa shape index (κ2) is 3.08. The van der Waals surface area contributed by atoms with Crippen LogP contribution in [0.3, 0.4) is 0 Å². The van der Waals surface area contributed by atoms with Crippen molar-refractivity contribution in [3.63, 3.8) is 0 Å². The standard InChI is InChI=1S/C10H19NO/c1-8(2)10(9(3)4)6-5-7-11(10)12/h7-9H,5-6H2,1-4H3. The van der Waals surface area contributed by atoms with Gasteiger partial charge in [0.1, 0.15) is 0 Å². The van der Waals surface area contributed by atoms with Crippen molar-refractivity contribution in [1.82, 2.24) is 0 Å². The van der Waals surface area contributed by atoms with Crippen LogP contribution in [0.15, 0.2) is 0 Å². The molecule has 1 aliphatic rings. The minimum Gasteiger partial charge on any atom is -0.624 e. The van der Waals surface area contributed by atoms with E-state index in [4.69, 9.17) is 0 Å². The molecule has 2 nitrogen and oxygen atoms in total. The SMILES string of the molecule is CC(C)C1(C(C)C)CCC=[N+]1[O-]. The van der Waals surface area contributed by atoms with Crippen molar-refractivity contribution in [3.8, 4) is 0 Å². The lowest BCUT2D eigenvalue weighted by molar-refractivity contribution is -0.558. The highest BCUT2D eigenvalue weighted by atomic mass is 16.5. The molecule has 0 aromatic heterocycles. The smallest absolute Gasteiger partial charge is 0.177 e. The zero-order valence-corrected chi connectivity index (χ0v) is 8.50. The molecule has 1 rings (SSSR count). The molecule has 70 valence electrons. The van der Waals surface area contributed by atoms with E-state index in [-0.39, 0.29) is 5.54 Å². The van der Waals surface area contributed by atoms with Crippen LogP contribution in [0.4, 0.5) is 0 Å². The number of hydrogen-bond acceptors (Lipinski definition) is 1. The molecule has 0 atom stereocenters. The first-order valence-electron chi connectivity index (χ1n) is 4.81. The van der Waals surface area contributed by atoms with E-state index in [0.29, 0.717) is 11.8 Å². The lowest BCUT2D eigenvalue weighted by Gasteiger charge is -2.35. The predicted octanol–water partition coefficient (Wildman–Crippen LogP) is 2.41. The molecule has 1 heterocycles. The van der Waals surface area contributed by atoms with Gasteiger partial charge in [0.15, 0.2) is 11.8 Å². The largest absolute Gasteiger partial charge is 0.624 e. The molecule has 0 spiro atoms. The summed E-state index contributed by atoms with van der Waals surface area (Å²) in [6, 6.07) is 0. The van der Waals surface area contributed by atoms with Gasteiger partial charge in [0.05, 0.1) is 0 Å². The minimum absolute atomic E-state index is 0.125. The van der Waals surface area contributed by atoms with Crippen LogP contribution in [0.25, 0.3) is 0 Å². The lowest BCUT2D eigenvalue weighted by atomic mass is 9.76. The molecule has 0 saturated heterocycles. The number of rotatable bonds is 2. The van der Waals surface area contributed by atoms with Gasteiger partial charge in [-0.2, -0.15) is 0 Å². The highest BCUT2D eigenvalue weighted by Gasteiger charge is 2.47. The van der Waals surface area contributed by atoms with E-state index in [0.717, 1.165) is 12.8 Å². The maximum Gasteiger partial charge on any atom is 0.177 e. The van der Waals surface area contributed by atoms with Crippen LogP contribution in [0.1, 0.15) is 40.5 Å². The summed E-state index contributed by atoms with van der Waals surface area (Å²) >= 11 is 0. The maximum atomic E-state index is 11.6. The van der Waals surface area contributed by atoms with Gasteiger partial charge in [-0.05, 0) is 0 Å². The fraction of sp³-hybridized carbons (Fsp3) is 0.900.